The van der Waals surface area contributed by atoms with Crippen molar-refractivity contribution < 1.29 is 28.7 Å². The summed E-state index contributed by atoms with van der Waals surface area (Å²) in [6.45, 7) is 1.58. The molecule has 3 atom stereocenters. The Labute approximate surface area is 281 Å². The van der Waals surface area contributed by atoms with Gasteiger partial charge in [-0.1, -0.05) is 58.4 Å². The van der Waals surface area contributed by atoms with Gasteiger partial charge >= 0.3 is 10.8 Å². The van der Waals surface area contributed by atoms with Crippen LogP contribution in [0.1, 0.15) is 33.6 Å². The number of nitrogens with zero attached hydrogens (tertiary/aromatic N) is 2. The lowest BCUT2D eigenvalue weighted by Crippen LogP contribution is -2.33. The van der Waals surface area contributed by atoms with E-state index in [-0.39, 0.29) is 34.4 Å². The number of hydrogen-bond acceptors (Lipinski definition) is 9. The predicted octanol–water partition coefficient (Wildman–Crippen LogP) is 5.84. The molecule has 4 aromatic rings. The summed E-state index contributed by atoms with van der Waals surface area (Å²) in [4.78, 5) is 68.0. The van der Waals surface area contributed by atoms with Gasteiger partial charge in [0.05, 0.1) is 46.0 Å². The standard InChI is InChI=1S/C32H25Cl2N3O7S2/c1-3-44-31(41)16-7-11-18(12-8-16)37-28(39)24-23(20-5-4-6-21(33)25(20)34)27-30(45-26(24)29(37)40)36(32(42)46-27)15-22(38)35-17-9-13-19(43-2)14-10-17/h4-14,23-24,26H,3,15H2,1-2H3,(H,35,38)/t23-,24-,26+/m0/s1. The van der Waals surface area contributed by atoms with Crippen molar-refractivity contribution in [2.45, 2.75) is 29.7 Å². The molecule has 3 aromatic carbocycles. The monoisotopic (exact) mass is 697 g/mol. The number of carbonyl (C=O) groups is 4. The molecule has 1 aromatic heterocycles. The highest BCUT2D eigenvalue weighted by Gasteiger charge is 2.57. The van der Waals surface area contributed by atoms with E-state index in [1.165, 1.54) is 35.9 Å². The molecule has 1 fully saturated rings. The summed E-state index contributed by atoms with van der Waals surface area (Å²) >= 11 is 15.1. The van der Waals surface area contributed by atoms with Gasteiger partial charge in [0, 0.05) is 16.5 Å². The fourth-order valence-corrected chi connectivity index (χ4v) is 8.77. The highest BCUT2D eigenvalue weighted by molar-refractivity contribution is 8.00. The summed E-state index contributed by atoms with van der Waals surface area (Å²) < 4.78 is 11.5. The average Bonchev–Trinajstić information content (AvgIpc) is 3.49. The predicted molar refractivity (Wildman–Crippen MR) is 177 cm³/mol. The van der Waals surface area contributed by atoms with E-state index in [2.05, 4.69) is 5.32 Å². The Kier molecular flexibility index (Phi) is 8.97. The number of imide groups is 1. The number of methoxy groups -OCH3 is 1. The van der Waals surface area contributed by atoms with Crippen molar-refractivity contribution in [1.82, 2.24) is 4.57 Å². The van der Waals surface area contributed by atoms with Gasteiger partial charge in [-0.3, -0.25) is 23.7 Å². The van der Waals surface area contributed by atoms with E-state index in [1.807, 2.05) is 0 Å². The third kappa shape index (κ3) is 5.70. The summed E-state index contributed by atoms with van der Waals surface area (Å²) in [5.74, 6) is -3.05. The molecule has 236 valence electrons. The first kappa shape index (κ1) is 31.9. The largest absolute Gasteiger partial charge is 0.497 e. The third-order valence-corrected chi connectivity index (χ3v) is 11.1. The molecule has 46 heavy (non-hydrogen) atoms. The Morgan fingerprint density at radius 2 is 1.67 bits per heavy atom. The number of anilines is 2. The summed E-state index contributed by atoms with van der Waals surface area (Å²) in [7, 11) is 1.54. The number of rotatable bonds is 8. The minimum absolute atomic E-state index is 0.202. The number of benzene rings is 3. The van der Waals surface area contributed by atoms with Gasteiger partial charge in [0.2, 0.25) is 17.7 Å². The van der Waals surface area contributed by atoms with Crippen LogP contribution in [0.5, 0.6) is 5.75 Å². The van der Waals surface area contributed by atoms with Gasteiger partial charge < -0.3 is 14.8 Å². The van der Waals surface area contributed by atoms with Gasteiger partial charge in [0.15, 0.2) is 0 Å². The Morgan fingerprint density at radius 1 is 0.957 bits per heavy atom. The van der Waals surface area contributed by atoms with Gasteiger partial charge in [-0.2, -0.15) is 0 Å². The van der Waals surface area contributed by atoms with E-state index < -0.39 is 45.6 Å². The minimum Gasteiger partial charge on any atom is -0.497 e. The minimum atomic E-state index is -0.935. The van der Waals surface area contributed by atoms with Crippen molar-refractivity contribution in [2.75, 3.05) is 23.9 Å². The number of carbonyl (C=O) groups excluding carboxylic acids is 4. The highest BCUT2D eigenvalue weighted by Crippen LogP contribution is 2.55. The molecule has 0 aliphatic carbocycles. The van der Waals surface area contributed by atoms with E-state index in [1.54, 1.807) is 49.4 Å². The number of amides is 3. The summed E-state index contributed by atoms with van der Waals surface area (Å²) in [6, 6.07) is 17.8. The van der Waals surface area contributed by atoms with Crippen molar-refractivity contribution in [3.05, 3.63) is 102 Å². The maximum Gasteiger partial charge on any atom is 0.338 e. The third-order valence-electron chi connectivity index (χ3n) is 7.68. The van der Waals surface area contributed by atoms with Crippen LogP contribution < -0.4 is 19.8 Å². The van der Waals surface area contributed by atoms with Gasteiger partial charge in [0.1, 0.15) is 17.5 Å². The molecular weight excluding hydrogens is 673 g/mol. The molecule has 2 aliphatic heterocycles. The zero-order valence-electron chi connectivity index (χ0n) is 24.3. The number of thiazole rings is 1. The molecule has 0 unspecified atom stereocenters. The SMILES string of the molecule is CCOC(=O)c1ccc(N2C(=O)[C@H]3[C@H](c4cccc(Cl)c4Cl)c4sc(=O)n(CC(=O)Nc5ccc(OC)cc5)c4S[C@H]3C2=O)cc1. The van der Waals surface area contributed by atoms with Gasteiger partial charge in [-0.15, -0.1) is 0 Å². The van der Waals surface area contributed by atoms with Crippen LogP contribution in [-0.4, -0.2) is 47.2 Å². The highest BCUT2D eigenvalue weighted by atomic mass is 35.5. The van der Waals surface area contributed by atoms with Crippen LogP contribution in [0.15, 0.2) is 76.6 Å². The van der Waals surface area contributed by atoms with E-state index in [4.69, 9.17) is 32.7 Å². The lowest BCUT2D eigenvalue weighted by Gasteiger charge is -2.31. The molecule has 3 heterocycles. The van der Waals surface area contributed by atoms with E-state index in [9.17, 15) is 24.0 Å². The van der Waals surface area contributed by atoms with Crippen LogP contribution in [0.25, 0.3) is 0 Å². The van der Waals surface area contributed by atoms with Crippen molar-refractivity contribution >= 4 is 81.4 Å². The number of halogens is 2. The lowest BCUT2D eigenvalue weighted by atomic mass is 9.83. The van der Waals surface area contributed by atoms with Crippen molar-refractivity contribution in [3.63, 3.8) is 0 Å². The molecule has 3 amide bonds. The number of ether oxygens (including phenoxy) is 2. The van der Waals surface area contributed by atoms with Crippen LogP contribution in [0.4, 0.5) is 11.4 Å². The first-order valence-corrected chi connectivity index (χ1v) is 16.5. The van der Waals surface area contributed by atoms with Crippen molar-refractivity contribution in [2.24, 2.45) is 5.92 Å². The second-order valence-corrected chi connectivity index (χ2v) is 13.3. The summed E-state index contributed by atoms with van der Waals surface area (Å²) in [6.07, 6.45) is 0. The Hall–Kier alpha value is -4.10. The number of nitrogens with one attached hydrogen (secondary N) is 1. The van der Waals surface area contributed by atoms with Crippen LogP contribution in [0, 0.1) is 5.92 Å². The maximum atomic E-state index is 14.2. The smallest absolute Gasteiger partial charge is 0.338 e. The van der Waals surface area contributed by atoms with E-state index in [0.29, 0.717) is 26.9 Å². The fourth-order valence-electron chi connectivity index (χ4n) is 5.59. The van der Waals surface area contributed by atoms with Crippen molar-refractivity contribution in [3.8, 4) is 5.75 Å². The average molecular weight is 699 g/mol. The van der Waals surface area contributed by atoms with E-state index in [0.717, 1.165) is 28.0 Å². The van der Waals surface area contributed by atoms with Gasteiger partial charge in [-0.05, 0) is 67.1 Å². The molecule has 0 saturated carbocycles. The molecular formula is C32H25Cl2N3O7S2. The Bertz CT molecular complexity index is 1930. The zero-order valence-corrected chi connectivity index (χ0v) is 27.5. The number of thioether (sulfide) groups is 1. The lowest BCUT2D eigenvalue weighted by molar-refractivity contribution is -0.122. The van der Waals surface area contributed by atoms with Gasteiger partial charge in [0.25, 0.3) is 0 Å². The fraction of sp³-hybridized carbons (Fsp3) is 0.219. The molecule has 0 radical (unpaired) electrons. The second-order valence-electron chi connectivity index (χ2n) is 10.4. The molecule has 0 spiro atoms. The van der Waals surface area contributed by atoms with Crippen LogP contribution >= 0.6 is 46.3 Å². The molecule has 1 saturated heterocycles. The molecule has 2 aliphatic rings. The van der Waals surface area contributed by atoms with Crippen LogP contribution in [0.3, 0.4) is 0 Å². The Morgan fingerprint density at radius 3 is 2.35 bits per heavy atom. The Balaban J connectivity index is 1.38. The van der Waals surface area contributed by atoms with Crippen molar-refractivity contribution in [1.29, 1.82) is 0 Å². The van der Waals surface area contributed by atoms with Crippen LogP contribution in [-0.2, 0) is 25.7 Å². The molecule has 1 N–H and O–H groups in total. The second kappa shape index (κ2) is 13.0. The molecule has 10 nitrogen and oxygen atoms in total. The quantitative estimate of drug-likeness (QED) is 0.180. The van der Waals surface area contributed by atoms with Gasteiger partial charge in [-0.25, -0.2) is 9.69 Å². The summed E-state index contributed by atoms with van der Waals surface area (Å²) in [5, 5.41) is 2.70. The molecule has 6 rings (SSSR count). The first-order valence-electron chi connectivity index (χ1n) is 14.1. The molecule has 0 bridgehead atoms. The topological polar surface area (TPSA) is 124 Å². The van der Waals surface area contributed by atoms with E-state index >= 15 is 0 Å². The molecule has 14 heteroatoms. The zero-order chi connectivity index (χ0) is 32.7. The number of fused-ring (bicyclic) bond motifs is 2. The summed E-state index contributed by atoms with van der Waals surface area (Å²) in [5.41, 5.74) is 1.57. The first-order chi connectivity index (χ1) is 22.1. The number of aromatic nitrogens is 1. The number of hydrogen-bond donors (Lipinski definition) is 1. The normalized spacial score (nSPS) is 18.6. The van der Waals surface area contributed by atoms with Crippen LogP contribution in [0.2, 0.25) is 10.0 Å². The number of esters is 1. The maximum absolute atomic E-state index is 14.2.